The fourth-order valence-corrected chi connectivity index (χ4v) is 5.22. The number of piperazine rings is 1. The highest BCUT2D eigenvalue weighted by Gasteiger charge is 2.49. The molecule has 0 aliphatic carbocycles. The van der Waals surface area contributed by atoms with Crippen LogP contribution in [0.3, 0.4) is 0 Å². The number of halogens is 1. The van der Waals surface area contributed by atoms with Gasteiger partial charge in [0, 0.05) is 20.1 Å². The molecule has 3 atom stereocenters. The van der Waals surface area contributed by atoms with Gasteiger partial charge in [-0.3, -0.25) is 14.6 Å². The Morgan fingerprint density at radius 2 is 1.83 bits per heavy atom. The third-order valence-corrected chi connectivity index (χ3v) is 7.05. The highest BCUT2D eigenvalue weighted by molar-refractivity contribution is 5.90. The Hall–Kier alpha value is -3.39. The van der Waals surface area contributed by atoms with Gasteiger partial charge in [0.05, 0.1) is 13.1 Å². The van der Waals surface area contributed by atoms with Crippen molar-refractivity contribution in [3.05, 3.63) is 83.9 Å². The predicted octanol–water partition coefficient (Wildman–Crippen LogP) is 3.52. The number of carbonyl (C=O) groups is 2. The van der Waals surface area contributed by atoms with Crippen LogP contribution in [0.2, 0.25) is 0 Å². The number of likely N-dealkylation sites (N-methyl/N-ethyl adjacent to an activating group) is 1. The van der Waals surface area contributed by atoms with Gasteiger partial charge in [-0.2, -0.15) is 0 Å². The number of hydrogen-bond acceptors (Lipinski definition) is 5. The molecule has 0 spiro atoms. The van der Waals surface area contributed by atoms with Crippen molar-refractivity contribution in [2.24, 2.45) is 0 Å². The van der Waals surface area contributed by atoms with Crippen molar-refractivity contribution in [2.75, 3.05) is 26.7 Å². The van der Waals surface area contributed by atoms with Gasteiger partial charge >= 0.3 is 0 Å². The number of hydrazine groups is 1. The minimum absolute atomic E-state index is 0.0126. The van der Waals surface area contributed by atoms with Gasteiger partial charge in [-0.25, -0.2) is 9.40 Å². The number of nitrogens with one attached hydrogen (secondary N) is 1. The topological polar surface area (TPSA) is 59.1 Å². The molecule has 2 aliphatic heterocycles. The number of hydrogen-bond donors (Lipinski definition) is 1. The number of nitrogens with zero attached hydrogens (tertiary/aromatic N) is 4. The summed E-state index contributed by atoms with van der Waals surface area (Å²) < 4.78 is 13.3. The second-order valence-corrected chi connectivity index (χ2v) is 9.73. The van der Waals surface area contributed by atoms with Crippen LogP contribution in [0.15, 0.2) is 67.0 Å². The van der Waals surface area contributed by atoms with Gasteiger partial charge in [-0.15, -0.1) is 0 Å². The van der Waals surface area contributed by atoms with Crippen LogP contribution in [0.1, 0.15) is 43.7 Å². The van der Waals surface area contributed by atoms with Crippen LogP contribution in [-0.2, 0) is 16.1 Å². The van der Waals surface area contributed by atoms with Crippen molar-refractivity contribution in [3.8, 4) is 0 Å². The van der Waals surface area contributed by atoms with Gasteiger partial charge in [-0.05, 0) is 35.6 Å². The Labute approximate surface area is 213 Å². The summed E-state index contributed by atoms with van der Waals surface area (Å²) in [6.07, 6.45) is 1.06. The Balaban J connectivity index is 1.56. The van der Waals surface area contributed by atoms with Crippen molar-refractivity contribution in [1.29, 1.82) is 0 Å². The number of amides is 2. The second kappa shape index (κ2) is 11.1. The Morgan fingerprint density at radius 1 is 1.14 bits per heavy atom. The zero-order valence-corrected chi connectivity index (χ0v) is 21.4. The summed E-state index contributed by atoms with van der Waals surface area (Å²) in [5.74, 6) is 0.478. The zero-order chi connectivity index (χ0) is 25.8. The Kier molecular flexibility index (Phi) is 7.94. The van der Waals surface area contributed by atoms with E-state index in [0.717, 1.165) is 12.0 Å². The van der Waals surface area contributed by atoms with Gasteiger partial charge in [-0.1, -0.05) is 69.3 Å². The molecule has 0 radical (unpaired) electrons. The first-order valence-electron chi connectivity index (χ1n) is 12.6. The van der Waals surface area contributed by atoms with E-state index in [-0.39, 0.29) is 36.3 Å². The van der Waals surface area contributed by atoms with Crippen molar-refractivity contribution < 1.29 is 14.0 Å². The molecule has 7 nitrogen and oxygen atoms in total. The normalized spacial score (nSPS) is 21.4. The van der Waals surface area contributed by atoms with Crippen LogP contribution < -0.4 is 5.32 Å². The summed E-state index contributed by atoms with van der Waals surface area (Å²) in [7, 11) is 1.86. The van der Waals surface area contributed by atoms with Crippen LogP contribution in [-0.4, -0.2) is 70.5 Å². The lowest BCUT2D eigenvalue weighted by Gasteiger charge is -2.56. The smallest absolute Gasteiger partial charge is 0.245 e. The molecule has 2 saturated heterocycles. The largest absolute Gasteiger partial charge is 0.367 e. The van der Waals surface area contributed by atoms with Gasteiger partial charge in [0.2, 0.25) is 11.8 Å². The fraction of sp³-hybridized carbons (Fsp3) is 0.429. The van der Waals surface area contributed by atoms with E-state index in [4.69, 9.17) is 0 Å². The Bertz CT molecular complexity index is 1080. The molecular weight excluding hydrogens is 457 g/mol. The average molecular weight is 494 g/mol. The van der Waals surface area contributed by atoms with Crippen LogP contribution in [0.4, 0.5) is 4.39 Å². The van der Waals surface area contributed by atoms with Gasteiger partial charge in [0.1, 0.15) is 23.8 Å². The van der Waals surface area contributed by atoms with Crippen LogP contribution in [0, 0.1) is 5.82 Å². The van der Waals surface area contributed by atoms with E-state index in [9.17, 15) is 14.0 Å². The molecule has 192 valence electrons. The lowest BCUT2D eigenvalue weighted by molar-refractivity contribution is -0.192. The van der Waals surface area contributed by atoms with Crippen molar-refractivity contribution in [2.45, 2.75) is 51.4 Å². The summed E-state index contributed by atoms with van der Waals surface area (Å²) >= 11 is 0. The monoisotopic (exact) mass is 493 g/mol. The maximum atomic E-state index is 13.6. The third-order valence-electron chi connectivity index (χ3n) is 7.05. The van der Waals surface area contributed by atoms with E-state index >= 15 is 0 Å². The van der Waals surface area contributed by atoms with Gasteiger partial charge in [0.25, 0.3) is 0 Å². The first-order valence-corrected chi connectivity index (χ1v) is 12.6. The fourth-order valence-electron chi connectivity index (χ4n) is 5.22. The molecule has 4 rings (SSSR count). The average Bonchev–Trinajstić information content (AvgIpc) is 2.86. The molecule has 2 amide bonds. The van der Waals surface area contributed by atoms with E-state index in [1.807, 2.05) is 47.1 Å². The maximum Gasteiger partial charge on any atom is 0.245 e. The summed E-state index contributed by atoms with van der Waals surface area (Å²) in [5.41, 5.74) is 2.10. The number of fused-ring (bicyclic) bond motifs is 1. The standard InChI is InChI=1S/C28H36FN5O2/c1-5-9-25-28(36)32(17-20(2)23-10-7-6-8-11-23)18-26-33(25)27(35)19-31(4)34(26)21(3)30-16-22-12-14-24(29)15-13-22/h6-8,10-15,20,25-26,30H,3,5,9,16-19H2,1-2,4H3/t20?,25-,26?/m0/s1. The SMILES string of the molecule is C=C(NCc1ccc(F)cc1)N1C2CN(CC(C)c3ccccc3)C(=O)[C@H](CCC)N2C(=O)CN1C. The van der Waals surface area contributed by atoms with Crippen molar-refractivity contribution in [3.63, 3.8) is 0 Å². The number of rotatable bonds is 9. The second-order valence-electron chi connectivity index (χ2n) is 9.73. The molecule has 2 heterocycles. The minimum Gasteiger partial charge on any atom is -0.367 e. The van der Waals surface area contributed by atoms with E-state index in [0.29, 0.717) is 31.9 Å². The molecule has 2 aromatic carbocycles. The zero-order valence-electron chi connectivity index (χ0n) is 21.4. The molecule has 1 N–H and O–H groups in total. The quantitative estimate of drug-likeness (QED) is 0.579. The number of carbonyl (C=O) groups excluding carboxylic acids is 2. The van der Waals surface area contributed by atoms with E-state index < -0.39 is 6.04 Å². The van der Waals surface area contributed by atoms with E-state index in [2.05, 4.69) is 31.0 Å². The lowest BCUT2D eigenvalue weighted by atomic mass is 9.97. The summed E-state index contributed by atoms with van der Waals surface area (Å²) in [5, 5.41) is 7.18. The minimum atomic E-state index is -0.495. The molecule has 2 fully saturated rings. The molecule has 0 aromatic heterocycles. The maximum absolute atomic E-state index is 13.6. The summed E-state index contributed by atoms with van der Waals surface area (Å²) in [6.45, 7) is 10.0. The van der Waals surface area contributed by atoms with E-state index in [1.165, 1.54) is 17.7 Å². The molecule has 36 heavy (non-hydrogen) atoms. The molecule has 0 bridgehead atoms. The molecular formula is C28H36FN5O2. The highest BCUT2D eigenvalue weighted by Crippen LogP contribution is 2.30. The molecule has 0 saturated carbocycles. The molecule has 2 unspecified atom stereocenters. The predicted molar refractivity (Wildman–Crippen MR) is 138 cm³/mol. The molecule has 2 aliphatic rings. The Morgan fingerprint density at radius 3 is 2.50 bits per heavy atom. The van der Waals surface area contributed by atoms with Crippen molar-refractivity contribution in [1.82, 2.24) is 25.1 Å². The first-order chi connectivity index (χ1) is 17.3. The highest BCUT2D eigenvalue weighted by atomic mass is 19.1. The van der Waals surface area contributed by atoms with Crippen LogP contribution in [0.25, 0.3) is 0 Å². The lowest BCUT2D eigenvalue weighted by Crippen LogP contribution is -2.74. The first kappa shape index (κ1) is 25.7. The molecule has 2 aromatic rings. The molecule has 8 heteroatoms. The van der Waals surface area contributed by atoms with Crippen LogP contribution in [0.5, 0.6) is 0 Å². The summed E-state index contributed by atoms with van der Waals surface area (Å²) in [6, 6.07) is 16.0. The van der Waals surface area contributed by atoms with Gasteiger partial charge < -0.3 is 15.1 Å². The number of benzene rings is 2. The van der Waals surface area contributed by atoms with Crippen molar-refractivity contribution >= 4 is 11.8 Å². The summed E-state index contributed by atoms with van der Waals surface area (Å²) in [4.78, 5) is 30.5. The van der Waals surface area contributed by atoms with Gasteiger partial charge in [0.15, 0.2) is 0 Å². The van der Waals surface area contributed by atoms with E-state index in [1.54, 1.807) is 17.0 Å². The van der Waals surface area contributed by atoms with Crippen LogP contribution >= 0.6 is 0 Å². The third kappa shape index (κ3) is 5.38.